The van der Waals surface area contributed by atoms with Crippen molar-refractivity contribution in [3.63, 3.8) is 0 Å². The second-order valence-corrected chi connectivity index (χ2v) is 6.94. The molecule has 0 spiro atoms. The second kappa shape index (κ2) is 6.99. The van der Waals surface area contributed by atoms with Gasteiger partial charge in [0, 0.05) is 25.6 Å². The van der Waals surface area contributed by atoms with Gasteiger partial charge in [-0.15, -0.1) is 0 Å². The largest absolute Gasteiger partial charge is 0.390 e. The van der Waals surface area contributed by atoms with E-state index in [9.17, 15) is 0 Å². The van der Waals surface area contributed by atoms with Crippen molar-refractivity contribution in [1.82, 2.24) is 15.8 Å². The lowest BCUT2D eigenvalue weighted by Gasteiger charge is -2.35. The molecule has 1 aromatic carbocycles. The predicted molar refractivity (Wildman–Crippen MR) is 91.2 cm³/mol. The minimum absolute atomic E-state index is 0.216. The SMILES string of the molecule is c1ccc(C2=NOC(CN3CCC(C4CCNN4)CC3)C2)cc1. The van der Waals surface area contributed by atoms with E-state index in [1.807, 2.05) is 6.07 Å². The topological polar surface area (TPSA) is 48.9 Å². The maximum absolute atomic E-state index is 5.67. The molecule has 3 heterocycles. The molecule has 2 N–H and O–H groups in total. The first-order valence-electron chi connectivity index (χ1n) is 8.87. The van der Waals surface area contributed by atoms with E-state index in [0.717, 1.165) is 31.1 Å². The number of rotatable bonds is 4. The Balaban J connectivity index is 1.23. The summed E-state index contributed by atoms with van der Waals surface area (Å²) in [5, 5.41) is 4.30. The van der Waals surface area contributed by atoms with Crippen LogP contribution < -0.4 is 10.9 Å². The monoisotopic (exact) mass is 314 g/mol. The number of likely N-dealkylation sites (tertiary alicyclic amines) is 1. The Labute approximate surface area is 138 Å². The quantitative estimate of drug-likeness (QED) is 0.889. The highest BCUT2D eigenvalue weighted by atomic mass is 16.6. The highest BCUT2D eigenvalue weighted by Crippen LogP contribution is 2.25. The van der Waals surface area contributed by atoms with Crippen LogP contribution in [0.3, 0.4) is 0 Å². The van der Waals surface area contributed by atoms with Crippen molar-refractivity contribution in [2.45, 2.75) is 37.8 Å². The van der Waals surface area contributed by atoms with Gasteiger partial charge in [0.05, 0.1) is 5.71 Å². The fourth-order valence-corrected chi connectivity index (χ4v) is 4.01. The van der Waals surface area contributed by atoms with Gasteiger partial charge in [-0.2, -0.15) is 0 Å². The molecule has 124 valence electrons. The zero-order chi connectivity index (χ0) is 15.5. The van der Waals surface area contributed by atoms with Crippen LogP contribution in [0.4, 0.5) is 0 Å². The molecule has 0 saturated carbocycles. The van der Waals surface area contributed by atoms with Gasteiger partial charge < -0.3 is 4.84 Å². The number of hydrazine groups is 1. The molecule has 4 rings (SSSR count). The Morgan fingerprint density at radius 1 is 1.13 bits per heavy atom. The minimum atomic E-state index is 0.216. The van der Waals surface area contributed by atoms with Gasteiger partial charge in [0.1, 0.15) is 6.10 Å². The third-order valence-corrected chi connectivity index (χ3v) is 5.37. The number of nitrogens with one attached hydrogen (secondary N) is 2. The van der Waals surface area contributed by atoms with Gasteiger partial charge in [0.15, 0.2) is 0 Å². The summed E-state index contributed by atoms with van der Waals surface area (Å²) in [6.07, 6.45) is 4.99. The van der Waals surface area contributed by atoms with Gasteiger partial charge in [0.2, 0.25) is 0 Å². The molecule has 5 heteroatoms. The molecular formula is C18H26N4O. The highest BCUT2D eigenvalue weighted by molar-refractivity contribution is 6.01. The maximum Gasteiger partial charge on any atom is 0.145 e. The van der Waals surface area contributed by atoms with Crippen molar-refractivity contribution in [3.05, 3.63) is 35.9 Å². The number of hydrogen-bond acceptors (Lipinski definition) is 5. The molecule has 0 radical (unpaired) electrons. The fraction of sp³-hybridized carbons (Fsp3) is 0.611. The van der Waals surface area contributed by atoms with Crippen molar-refractivity contribution in [2.24, 2.45) is 11.1 Å². The van der Waals surface area contributed by atoms with Gasteiger partial charge in [0.25, 0.3) is 0 Å². The molecule has 23 heavy (non-hydrogen) atoms. The molecule has 0 aromatic heterocycles. The van der Waals surface area contributed by atoms with Crippen LogP contribution in [0.5, 0.6) is 0 Å². The predicted octanol–water partition coefficient (Wildman–Crippen LogP) is 1.76. The third-order valence-electron chi connectivity index (χ3n) is 5.37. The Kier molecular flexibility index (Phi) is 4.60. The van der Waals surface area contributed by atoms with Crippen LogP contribution in [0.25, 0.3) is 0 Å². The van der Waals surface area contributed by atoms with E-state index in [4.69, 9.17) is 4.84 Å². The summed E-state index contributed by atoms with van der Waals surface area (Å²) < 4.78 is 0. The number of benzene rings is 1. The first-order chi connectivity index (χ1) is 11.4. The van der Waals surface area contributed by atoms with E-state index < -0.39 is 0 Å². The number of nitrogens with zero attached hydrogens (tertiary/aromatic N) is 2. The van der Waals surface area contributed by atoms with Crippen LogP contribution >= 0.6 is 0 Å². The summed E-state index contributed by atoms with van der Waals surface area (Å²) in [6, 6.07) is 11.0. The van der Waals surface area contributed by atoms with Crippen molar-refractivity contribution in [1.29, 1.82) is 0 Å². The van der Waals surface area contributed by atoms with Crippen LogP contribution in [0.2, 0.25) is 0 Å². The lowest BCUT2D eigenvalue weighted by Crippen LogP contribution is -2.44. The molecule has 2 atom stereocenters. The average Bonchev–Trinajstić information content (AvgIpc) is 3.28. The molecule has 2 fully saturated rings. The standard InChI is InChI=1S/C18H26N4O/c1-2-4-14(5-3-1)18-12-16(23-21-18)13-22-10-7-15(8-11-22)17-6-9-19-20-17/h1-5,15-17,19-20H,6-13H2. The normalized spacial score (nSPS) is 29.5. The van der Waals surface area contributed by atoms with Crippen LogP contribution in [0, 0.1) is 5.92 Å². The van der Waals surface area contributed by atoms with Crippen molar-refractivity contribution < 1.29 is 4.84 Å². The third kappa shape index (κ3) is 3.57. The number of hydrogen-bond donors (Lipinski definition) is 2. The van der Waals surface area contributed by atoms with E-state index >= 15 is 0 Å². The van der Waals surface area contributed by atoms with E-state index in [0.29, 0.717) is 6.04 Å². The van der Waals surface area contributed by atoms with Crippen molar-refractivity contribution in [2.75, 3.05) is 26.2 Å². The molecule has 1 aromatic rings. The van der Waals surface area contributed by atoms with Crippen LogP contribution in [0.15, 0.2) is 35.5 Å². The van der Waals surface area contributed by atoms with Crippen LogP contribution in [-0.4, -0.2) is 48.9 Å². The second-order valence-electron chi connectivity index (χ2n) is 6.94. The molecule has 3 aliphatic heterocycles. The average molecular weight is 314 g/mol. The van der Waals surface area contributed by atoms with E-state index in [1.54, 1.807) is 0 Å². The summed E-state index contributed by atoms with van der Waals surface area (Å²) in [7, 11) is 0. The van der Waals surface area contributed by atoms with E-state index in [2.05, 4.69) is 45.2 Å². The first kappa shape index (κ1) is 15.1. The number of oxime groups is 1. The van der Waals surface area contributed by atoms with Crippen molar-refractivity contribution >= 4 is 5.71 Å². The van der Waals surface area contributed by atoms with E-state index in [-0.39, 0.29) is 6.10 Å². The molecule has 3 aliphatic rings. The lowest BCUT2D eigenvalue weighted by molar-refractivity contribution is 0.0397. The Morgan fingerprint density at radius 3 is 2.70 bits per heavy atom. The summed E-state index contributed by atoms with van der Waals surface area (Å²) in [5.74, 6) is 0.821. The zero-order valence-electron chi connectivity index (χ0n) is 13.6. The summed E-state index contributed by atoms with van der Waals surface area (Å²) >= 11 is 0. The highest BCUT2D eigenvalue weighted by Gasteiger charge is 2.30. The maximum atomic E-state index is 5.67. The summed E-state index contributed by atoms with van der Waals surface area (Å²) in [4.78, 5) is 8.22. The lowest BCUT2D eigenvalue weighted by atomic mass is 9.88. The van der Waals surface area contributed by atoms with Gasteiger partial charge >= 0.3 is 0 Å². The Bertz CT molecular complexity index is 533. The van der Waals surface area contributed by atoms with Crippen LogP contribution in [0.1, 0.15) is 31.2 Å². The fourth-order valence-electron chi connectivity index (χ4n) is 4.01. The minimum Gasteiger partial charge on any atom is -0.390 e. The molecule has 0 bridgehead atoms. The van der Waals surface area contributed by atoms with Crippen LogP contribution in [-0.2, 0) is 4.84 Å². The van der Waals surface area contributed by atoms with Gasteiger partial charge in [-0.3, -0.25) is 15.8 Å². The Morgan fingerprint density at radius 2 is 1.96 bits per heavy atom. The van der Waals surface area contributed by atoms with Gasteiger partial charge in [-0.25, -0.2) is 0 Å². The Hall–Kier alpha value is -1.43. The smallest absolute Gasteiger partial charge is 0.145 e. The summed E-state index contributed by atoms with van der Waals surface area (Å²) in [5.41, 5.74) is 8.97. The summed E-state index contributed by atoms with van der Waals surface area (Å²) in [6.45, 7) is 4.48. The van der Waals surface area contributed by atoms with E-state index in [1.165, 1.54) is 37.9 Å². The van der Waals surface area contributed by atoms with Gasteiger partial charge in [-0.05, 0) is 43.8 Å². The van der Waals surface area contributed by atoms with Crippen molar-refractivity contribution in [3.8, 4) is 0 Å². The molecule has 0 aliphatic carbocycles. The first-order valence-corrected chi connectivity index (χ1v) is 8.87. The molecule has 2 unspecified atom stereocenters. The van der Waals surface area contributed by atoms with Gasteiger partial charge in [-0.1, -0.05) is 35.5 Å². The number of piperidine rings is 1. The zero-order valence-corrected chi connectivity index (χ0v) is 13.6. The molecule has 0 amide bonds. The molecular weight excluding hydrogens is 288 g/mol. The molecule has 2 saturated heterocycles. The molecule has 5 nitrogen and oxygen atoms in total.